The van der Waals surface area contributed by atoms with Crippen LogP contribution >= 0.6 is 11.6 Å². The van der Waals surface area contributed by atoms with Gasteiger partial charge in [-0.1, -0.05) is 41.9 Å². The first-order chi connectivity index (χ1) is 15.2. The van der Waals surface area contributed by atoms with Crippen LogP contribution in [0.25, 0.3) is 11.3 Å². The molecular weight excluding hydrogens is 410 g/mol. The number of H-pyrrole nitrogens is 1. The summed E-state index contributed by atoms with van der Waals surface area (Å²) < 4.78 is 0. The quantitative estimate of drug-likeness (QED) is 0.644. The van der Waals surface area contributed by atoms with Gasteiger partial charge in [0.25, 0.3) is 5.91 Å². The number of carbonyl (C=O) groups is 1. The fourth-order valence-corrected chi connectivity index (χ4v) is 4.75. The summed E-state index contributed by atoms with van der Waals surface area (Å²) >= 11 is 6.12. The van der Waals surface area contributed by atoms with Gasteiger partial charge in [0, 0.05) is 61.1 Å². The van der Waals surface area contributed by atoms with E-state index in [1.165, 1.54) is 11.3 Å². The Morgan fingerprint density at radius 3 is 2.74 bits per heavy atom. The number of anilines is 1. The van der Waals surface area contributed by atoms with Crippen molar-refractivity contribution in [1.82, 2.24) is 20.4 Å². The number of hydrogen-bond donors (Lipinski definition) is 2. The van der Waals surface area contributed by atoms with Crippen molar-refractivity contribution in [3.05, 3.63) is 70.4 Å². The van der Waals surface area contributed by atoms with Crippen LogP contribution in [-0.2, 0) is 12.8 Å². The summed E-state index contributed by atoms with van der Waals surface area (Å²) in [5.41, 5.74) is 6.17. The highest BCUT2D eigenvalue weighted by atomic mass is 35.5. The Kier molecular flexibility index (Phi) is 5.66. The van der Waals surface area contributed by atoms with Crippen molar-refractivity contribution in [2.45, 2.75) is 12.8 Å². The molecule has 1 aliphatic heterocycles. The van der Waals surface area contributed by atoms with E-state index in [0.717, 1.165) is 67.4 Å². The maximum atomic E-state index is 12.8. The summed E-state index contributed by atoms with van der Waals surface area (Å²) in [6.07, 6.45) is 1.79. The molecule has 1 aromatic heterocycles. The first kappa shape index (κ1) is 20.1. The Balaban J connectivity index is 1.13. The fourth-order valence-electron chi connectivity index (χ4n) is 4.57. The van der Waals surface area contributed by atoms with Crippen LogP contribution in [0.4, 0.5) is 5.69 Å². The highest BCUT2D eigenvalue weighted by Crippen LogP contribution is 2.33. The molecule has 3 aromatic rings. The number of rotatable bonds is 5. The average Bonchev–Trinajstić information content (AvgIpc) is 3.24. The number of aryl methyl sites for hydroxylation is 1. The van der Waals surface area contributed by atoms with Crippen LogP contribution in [-0.4, -0.2) is 60.3 Å². The number of benzene rings is 2. The molecule has 0 atom stereocenters. The number of halogens is 1. The maximum Gasteiger partial charge on any atom is 0.269 e. The molecule has 7 heteroatoms. The van der Waals surface area contributed by atoms with Crippen LogP contribution < -0.4 is 10.2 Å². The molecule has 2 aromatic carbocycles. The molecule has 6 nitrogen and oxygen atoms in total. The zero-order valence-electron chi connectivity index (χ0n) is 17.4. The summed E-state index contributed by atoms with van der Waals surface area (Å²) in [7, 11) is 0. The standard InChI is InChI=1S/C24H26ClN5O/c25-18-5-3-6-19(16-18)30-14-12-29(13-15-30)11-10-26-24(31)23-21-9-8-17-4-1-2-7-20(17)22(21)27-28-23/h1-7,16H,8-15H2,(H,26,31)(H,27,28). The van der Waals surface area contributed by atoms with Crippen LogP contribution in [0.5, 0.6) is 0 Å². The number of aromatic nitrogens is 2. The van der Waals surface area contributed by atoms with Gasteiger partial charge in [0.05, 0.1) is 5.69 Å². The normalized spacial score (nSPS) is 16.0. The second kappa shape index (κ2) is 8.73. The molecule has 0 spiro atoms. The Hall–Kier alpha value is -2.83. The molecule has 31 heavy (non-hydrogen) atoms. The number of hydrogen-bond acceptors (Lipinski definition) is 4. The van der Waals surface area contributed by atoms with Crippen LogP contribution in [0.3, 0.4) is 0 Å². The molecule has 1 aliphatic carbocycles. The smallest absolute Gasteiger partial charge is 0.269 e. The third-order valence-electron chi connectivity index (χ3n) is 6.27. The van der Waals surface area contributed by atoms with E-state index in [9.17, 15) is 4.79 Å². The topological polar surface area (TPSA) is 64.3 Å². The Morgan fingerprint density at radius 2 is 1.90 bits per heavy atom. The minimum atomic E-state index is -0.0642. The largest absolute Gasteiger partial charge is 0.369 e. The highest BCUT2D eigenvalue weighted by Gasteiger charge is 2.25. The van der Waals surface area contributed by atoms with Crippen LogP contribution in [0, 0.1) is 0 Å². The number of carbonyl (C=O) groups excluding carboxylic acids is 1. The SMILES string of the molecule is O=C(NCCN1CCN(c2cccc(Cl)c2)CC1)c1[nH]nc2c1CCc1ccccc1-2. The van der Waals surface area contributed by atoms with Gasteiger partial charge < -0.3 is 10.2 Å². The van der Waals surface area contributed by atoms with Gasteiger partial charge >= 0.3 is 0 Å². The van der Waals surface area contributed by atoms with Gasteiger partial charge in [-0.3, -0.25) is 14.8 Å². The molecule has 2 heterocycles. The van der Waals surface area contributed by atoms with E-state index in [1.54, 1.807) is 0 Å². The van der Waals surface area contributed by atoms with Gasteiger partial charge in [0.1, 0.15) is 5.69 Å². The lowest BCUT2D eigenvalue weighted by atomic mass is 9.89. The first-order valence-electron chi connectivity index (χ1n) is 10.9. The molecule has 1 fully saturated rings. The second-order valence-electron chi connectivity index (χ2n) is 8.15. The van der Waals surface area contributed by atoms with Crippen molar-refractivity contribution in [3.63, 3.8) is 0 Å². The number of fused-ring (bicyclic) bond motifs is 3. The van der Waals surface area contributed by atoms with Crippen LogP contribution in [0.15, 0.2) is 48.5 Å². The highest BCUT2D eigenvalue weighted by molar-refractivity contribution is 6.30. The maximum absolute atomic E-state index is 12.8. The predicted octanol–water partition coefficient (Wildman–Crippen LogP) is 3.38. The van der Waals surface area contributed by atoms with E-state index in [1.807, 2.05) is 24.3 Å². The van der Waals surface area contributed by atoms with Gasteiger partial charge in [-0.05, 0) is 36.6 Å². The zero-order chi connectivity index (χ0) is 21.2. The van der Waals surface area contributed by atoms with E-state index in [0.29, 0.717) is 12.2 Å². The first-order valence-corrected chi connectivity index (χ1v) is 11.2. The summed E-state index contributed by atoms with van der Waals surface area (Å²) in [5, 5.41) is 11.3. The molecular formula is C24H26ClN5O. The number of amides is 1. The van der Waals surface area contributed by atoms with Crippen LogP contribution in [0.2, 0.25) is 5.02 Å². The summed E-state index contributed by atoms with van der Waals surface area (Å²) in [6, 6.07) is 16.3. The lowest BCUT2D eigenvalue weighted by molar-refractivity contribution is 0.0942. The van der Waals surface area contributed by atoms with E-state index in [4.69, 9.17) is 11.6 Å². The zero-order valence-corrected chi connectivity index (χ0v) is 18.2. The molecule has 0 radical (unpaired) electrons. The van der Waals surface area contributed by atoms with E-state index in [-0.39, 0.29) is 5.91 Å². The molecule has 0 saturated carbocycles. The molecule has 160 valence electrons. The third-order valence-corrected chi connectivity index (χ3v) is 6.51. The van der Waals surface area contributed by atoms with Crippen molar-refractivity contribution in [1.29, 1.82) is 0 Å². The number of nitrogens with zero attached hydrogens (tertiary/aromatic N) is 3. The van der Waals surface area contributed by atoms with E-state index >= 15 is 0 Å². The summed E-state index contributed by atoms with van der Waals surface area (Å²) in [4.78, 5) is 17.5. The Bertz CT molecular complexity index is 1090. The van der Waals surface area contributed by atoms with Gasteiger partial charge in [-0.25, -0.2) is 0 Å². The summed E-state index contributed by atoms with van der Waals surface area (Å²) in [5.74, 6) is -0.0642. The average molecular weight is 436 g/mol. The molecule has 1 amide bonds. The lowest BCUT2D eigenvalue weighted by Gasteiger charge is -2.36. The fraction of sp³-hybridized carbons (Fsp3) is 0.333. The van der Waals surface area contributed by atoms with Gasteiger partial charge in [-0.2, -0.15) is 5.10 Å². The van der Waals surface area contributed by atoms with Crippen molar-refractivity contribution >= 4 is 23.2 Å². The minimum Gasteiger partial charge on any atom is -0.369 e. The lowest BCUT2D eigenvalue weighted by Crippen LogP contribution is -2.48. The van der Waals surface area contributed by atoms with Gasteiger partial charge in [-0.15, -0.1) is 0 Å². The minimum absolute atomic E-state index is 0.0642. The van der Waals surface area contributed by atoms with E-state index < -0.39 is 0 Å². The predicted molar refractivity (Wildman–Crippen MR) is 124 cm³/mol. The van der Waals surface area contributed by atoms with Crippen molar-refractivity contribution < 1.29 is 4.79 Å². The molecule has 2 aliphatic rings. The number of piperazine rings is 1. The molecule has 1 saturated heterocycles. The van der Waals surface area contributed by atoms with Crippen molar-refractivity contribution in [2.24, 2.45) is 0 Å². The van der Waals surface area contributed by atoms with Crippen LogP contribution in [0.1, 0.15) is 21.6 Å². The number of nitrogens with one attached hydrogen (secondary N) is 2. The van der Waals surface area contributed by atoms with Crippen molar-refractivity contribution in [2.75, 3.05) is 44.2 Å². The Labute approximate surface area is 187 Å². The number of aromatic amines is 1. The molecule has 0 unspecified atom stereocenters. The second-order valence-corrected chi connectivity index (χ2v) is 8.58. The van der Waals surface area contributed by atoms with Gasteiger partial charge in [0.2, 0.25) is 0 Å². The molecule has 2 N–H and O–H groups in total. The Morgan fingerprint density at radius 1 is 1.06 bits per heavy atom. The molecule has 5 rings (SSSR count). The third kappa shape index (κ3) is 4.18. The molecule has 0 bridgehead atoms. The monoisotopic (exact) mass is 435 g/mol. The van der Waals surface area contributed by atoms with Crippen molar-refractivity contribution in [3.8, 4) is 11.3 Å². The van der Waals surface area contributed by atoms with Gasteiger partial charge in [0.15, 0.2) is 0 Å². The summed E-state index contributed by atoms with van der Waals surface area (Å²) in [6.45, 7) is 5.33. The van der Waals surface area contributed by atoms with E-state index in [2.05, 4.69) is 49.6 Å².